The molecule has 0 aliphatic rings. The number of aromatic nitrogens is 2. The van der Waals surface area contributed by atoms with E-state index in [-0.39, 0.29) is 0 Å². The Morgan fingerprint density at radius 2 is 2.38 bits per heavy atom. The maximum atomic E-state index is 5.28. The van der Waals surface area contributed by atoms with Crippen molar-refractivity contribution >= 4 is 10.9 Å². The van der Waals surface area contributed by atoms with Crippen LogP contribution in [0.4, 0.5) is 0 Å². The molecule has 1 atom stereocenters. The molecule has 0 aliphatic carbocycles. The molecule has 3 nitrogen and oxygen atoms in total. The second-order valence-corrected chi connectivity index (χ2v) is 3.25. The molecule has 0 fully saturated rings. The topological polar surface area (TPSA) is 38.9 Å². The van der Waals surface area contributed by atoms with Gasteiger partial charge in [-0.1, -0.05) is 19.0 Å². The quantitative estimate of drug-likeness (QED) is 0.706. The minimum atomic E-state index is 0.411. The summed E-state index contributed by atoms with van der Waals surface area (Å²) in [5, 5.41) is 5.01. The van der Waals surface area contributed by atoms with Crippen molar-refractivity contribution in [3.8, 4) is 0 Å². The largest absolute Gasteiger partial charge is 0.360 e. The molecule has 0 radical (unpaired) electrons. The van der Waals surface area contributed by atoms with Crippen LogP contribution in [-0.2, 0) is 0 Å². The molecule has 2 rings (SSSR count). The molecule has 2 heterocycles. The van der Waals surface area contributed by atoms with E-state index in [9.17, 15) is 0 Å². The summed E-state index contributed by atoms with van der Waals surface area (Å²) in [5.41, 5.74) is 0.894. The highest BCUT2D eigenvalue weighted by Crippen LogP contribution is 2.26. The average Bonchev–Trinajstić information content (AvgIpc) is 2.60. The van der Waals surface area contributed by atoms with E-state index in [1.807, 2.05) is 12.3 Å². The van der Waals surface area contributed by atoms with Gasteiger partial charge in [0.1, 0.15) is 11.3 Å². The molecule has 2 aromatic rings. The van der Waals surface area contributed by atoms with Crippen molar-refractivity contribution in [2.45, 2.75) is 26.2 Å². The summed E-state index contributed by atoms with van der Waals surface area (Å²) in [7, 11) is 0. The lowest BCUT2D eigenvalue weighted by molar-refractivity contribution is 0.370. The number of hydrogen-bond acceptors (Lipinski definition) is 3. The fourth-order valence-corrected chi connectivity index (χ4v) is 1.34. The van der Waals surface area contributed by atoms with Gasteiger partial charge in [0, 0.05) is 18.3 Å². The van der Waals surface area contributed by atoms with E-state index >= 15 is 0 Å². The fourth-order valence-electron chi connectivity index (χ4n) is 1.34. The van der Waals surface area contributed by atoms with E-state index < -0.39 is 0 Å². The van der Waals surface area contributed by atoms with Crippen LogP contribution in [-0.4, -0.2) is 10.1 Å². The molecule has 3 heteroatoms. The standard InChI is InChI=1S/C10H12N2O/c1-3-7(2)10-8-6-11-5-4-9(8)12-13-10/h4-7H,3H2,1-2H3. The SMILES string of the molecule is CCC(C)c1onc2ccncc12. The number of rotatable bonds is 2. The summed E-state index contributed by atoms with van der Waals surface area (Å²) in [6.45, 7) is 4.27. The Bertz CT molecular complexity index is 408. The molecule has 0 N–H and O–H groups in total. The number of pyridine rings is 1. The van der Waals surface area contributed by atoms with Gasteiger partial charge in [0.2, 0.25) is 0 Å². The predicted octanol–water partition coefficient (Wildman–Crippen LogP) is 2.74. The summed E-state index contributed by atoms with van der Waals surface area (Å²) >= 11 is 0. The predicted molar refractivity (Wildman–Crippen MR) is 50.5 cm³/mol. The van der Waals surface area contributed by atoms with Gasteiger partial charge in [-0.05, 0) is 12.5 Å². The number of nitrogens with zero attached hydrogens (tertiary/aromatic N) is 2. The third-order valence-corrected chi connectivity index (χ3v) is 2.37. The van der Waals surface area contributed by atoms with Crippen LogP contribution in [0, 0.1) is 0 Å². The van der Waals surface area contributed by atoms with Crippen molar-refractivity contribution < 1.29 is 4.52 Å². The summed E-state index contributed by atoms with van der Waals surface area (Å²) in [4.78, 5) is 4.06. The number of hydrogen-bond donors (Lipinski definition) is 0. The summed E-state index contributed by atoms with van der Waals surface area (Å²) in [5.74, 6) is 1.36. The maximum Gasteiger partial charge on any atom is 0.148 e. The maximum absolute atomic E-state index is 5.28. The van der Waals surface area contributed by atoms with E-state index in [0.717, 1.165) is 23.1 Å². The average molecular weight is 176 g/mol. The zero-order valence-corrected chi connectivity index (χ0v) is 7.82. The Morgan fingerprint density at radius 3 is 3.15 bits per heavy atom. The Kier molecular flexibility index (Phi) is 2.00. The Labute approximate surface area is 76.8 Å². The minimum Gasteiger partial charge on any atom is -0.360 e. The first-order chi connectivity index (χ1) is 6.33. The molecular weight excluding hydrogens is 164 g/mol. The lowest BCUT2D eigenvalue weighted by Crippen LogP contribution is -1.88. The summed E-state index contributed by atoms with van der Waals surface area (Å²) in [6, 6.07) is 1.87. The second-order valence-electron chi connectivity index (χ2n) is 3.25. The van der Waals surface area contributed by atoms with Crippen LogP contribution in [0.5, 0.6) is 0 Å². The molecule has 0 saturated heterocycles. The van der Waals surface area contributed by atoms with Gasteiger partial charge in [0.05, 0.1) is 5.39 Å². The van der Waals surface area contributed by atoms with Crippen molar-refractivity contribution in [1.29, 1.82) is 0 Å². The first-order valence-electron chi connectivity index (χ1n) is 4.52. The molecule has 0 amide bonds. The minimum absolute atomic E-state index is 0.411. The van der Waals surface area contributed by atoms with Gasteiger partial charge in [-0.25, -0.2) is 0 Å². The monoisotopic (exact) mass is 176 g/mol. The van der Waals surface area contributed by atoms with Crippen LogP contribution in [0.1, 0.15) is 31.9 Å². The van der Waals surface area contributed by atoms with Gasteiger partial charge in [-0.3, -0.25) is 4.98 Å². The summed E-state index contributed by atoms with van der Waals surface area (Å²) < 4.78 is 5.28. The Hall–Kier alpha value is -1.38. The Balaban J connectivity index is 2.57. The van der Waals surface area contributed by atoms with E-state index in [2.05, 4.69) is 24.0 Å². The molecule has 0 saturated carbocycles. The Morgan fingerprint density at radius 1 is 1.54 bits per heavy atom. The number of fused-ring (bicyclic) bond motifs is 1. The van der Waals surface area contributed by atoms with Crippen molar-refractivity contribution in [1.82, 2.24) is 10.1 Å². The molecule has 1 unspecified atom stereocenters. The molecule has 13 heavy (non-hydrogen) atoms. The van der Waals surface area contributed by atoms with Gasteiger partial charge in [-0.15, -0.1) is 0 Å². The molecule has 0 aliphatic heterocycles. The van der Waals surface area contributed by atoms with Gasteiger partial charge < -0.3 is 4.52 Å². The van der Waals surface area contributed by atoms with Gasteiger partial charge in [0.15, 0.2) is 0 Å². The molecule has 68 valence electrons. The van der Waals surface area contributed by atoms with Crippen LogP contribution in [0.3, 0.4) is 0 Å². The summed E-state index contributed by atoms with van der Waals surface area (Å²) in [6.07, 6.45) is 4.60. The first-order valence-corrected chi connectivity index (χ1v) is 4.52. The van der Waals surface area contributed by atoms with Crippen LogP contribution in [0.25, 0.3) is 10.9 Å². The molecule has 0 bridgehead atoms. The van der Waals surface area contributed by atoms with Crippen molar-refractivity contribution in [3.63, 3.8) is 0 Å². The highest BCUT2D eigenvalue weighted by Gasteiger charge is 2.13. The van der Waals surface area contributed by atoms with Crippen molar-refractivity contribution in [2.75, 3.05) is 0 Å². The highest BCUT2D eigenvalue weighted by molar-refractivity contribution is 5.79. The van der Waals surface area contributed by atoms with E-state index in [0.29, 0.717) is 5.92 Å². The lowest BCUT2D eigenvalue weighted by Gasteiger charge is -2.01. The van der Waals surface area contributed by atoms with Gasteiger partial charge in [-0.2, -0.15) is 0 Å². The molecular formula is C10H12N2O. The first kappa shape index (κ1) is 8.23. The molecule has 0 aromatic carbocycles. The lowest BCUT2D eigenvalue weighted by atomic mass is 10.0. The van der Waals surface area contributed by atoms with Crippen LogP contribution >= 0.6 is 0 Å². The second kappa shape index (κ2) is 3.17. The smallest absolute Gasteiger partial charge is 0.148 e. The highest BCUT2D eigenvalue weighted by atomic mass is 16.5. The van der Waals surface area contributed by atoms with Crippen molar-refractivity contribution in [3.05, 3.63) is 24.2 Å². The van der Waals surface area contributed by atoms with E-state index in [4.69, 9.17) is 4.52 Å². The van der Waals surface area contributed by atoms with Crippen LogP contribution < -0.4 is 0 Å². The molecule has 0 spiro atoms. The fraction of sp³-hybridized carbons (Fsp3) is 0.400. The third-order valence-electron chi connectivity index (χ3n) is 2.37. The van der Waals surface area contributed by atoms with Gasteiger partial charge in [0.25, 0.3) is 0 Å². The normalized spacial score (nSPS) is 13.4. The van der Waals surface area contributed by atoms with Gasteiger partial charge >= 0.3 is 0 Å². The van der Waals surface area contributed by atoms with E-state index in [1.165, 1.54) is 0 Å². The van der Waals surface area contributed by atoms with Crippen molar-refractivity contribution in [2.24, 2.45) is 0 Å². The van der Waals surface area contributed by atoms with Crippen LogP contribution in [0.2, 0.25) is 0 Å². The zero-order chi connectivity index (χ0) is 9.26. The molecule has 2 aromatic heterocycles. The third kappa shape index (κ3) is 1.30. The van der Waals surface area contributed by atoms with Crippen LogP contribution in [0.15, 0.2) is 23.0 Å². The zero-order valence-electron chi connectivity index (χ0n) is 7.82. The van der Waals surface area contributed by atoms with E-state index in [1.54, 1.807) is 6.20 Å².